The normalized spacial score (nSPS) is 23.4. The monoisotopic (exact) mass is 315 g/mol. The highest BCUT2D eigenvalue weighted by Crippen LogP contribution is 2.16. The second kappa shape index (κ2) is 7.68. The number of anilines is 1. The summed E-state index contributed by atoms with van der Waals surface area (Å²) >= 11 is 0. The lowest BCUT2D eigenvalue weighted by Crippen LogP contribution is -2.54. The Kier molecular flexibility index (Phi) is 5.39. The van der Waals surface area contributed by atoms with E-state index in [2.05, 4.69) is 62.4 Å². The molecule has 0 saturated carbocycles. The molecule has 1 unspecified atom stereocenters. The number of aliphatic imine (C=N–C) groups is 1. The van der Waals surface area contributed by atoms with E-state index < -0.39 is 0 Å². The highest BCUT2D eigenvalue weighted by molar-refractivity contribution is 5.80. The lowest BCUT2D eigenvalue weighted by Gasteiger charge is -2.38. The third kappa shape index (κ3) is 3.96. The summed E-state index contributed by atoms with van der Waals surface area (Å²) in [6, 6.07) is 11.3. The van der Waals surface area contributed by atoms with Crippen molar-refractivity contribution in [3.05, 3.63) is 30.3 Å². The van der Waals surface area contributed by atoms with Gasteiger partial charge in [0.1, 0.15) is 0 Å². The molecule has 0 bridgehead atoms. The average molecular weight is 315 g/mol. The van der Waals surface area contributed by atoms with Crippen LogP contribution < -0.4 is 10.2 Å². The summed E-state index contributed by atoms with van der Waals surface area (Å²) in [6.07, 6.45) is 2.61. The van der Waals surface area contributed by atoms with Crippen LogP contribution >= 0.6 is 0 Å². The molecule has 2 fully saturated rings. The number of nitrogens with one attached hydrogen (secondary N) is 1. The van der Waals surface area contributed by atoms with Crippen molar-refractivity contribution in [3.63, 3.8) is 0 Å². The van der Waals surface area contributed by atoms with E-state index in [1.807, 2.05) is 7.05 Å². The van der Waals surface area contributed by atoms with Crippen LogP contribution in [-0.4, -0.2) is 75.2 Å². The quantitative estimate of drug-likeness (QED) is 0.677. The van der Waals surface area contributed by atoms with Crippen LogP contribution in [0.1, 0.15) is 12.8 Å². The predicted octanol–water partition coefficient (Wildman–Crippen LogP) is 1.48. The fourth-order valence-corrected chi connectivity index (χ4v) is 3.59. The van der Waals surface area contributed by atoms with E-state index in [4.69, 9.17) is 0 Å². The smallest absolute Gasteiger partial charge is 0.193 e. The van der Waals surface area contributed by atoms with Gasteiger partial charge in [-0.2, -0.15) is 0 Å². The molecule has 2 aliphatic rings. The van der Waals surface area contributed by atoms with Gasteiger partial charge in [0.2, 0.25) is 0 Å². The maximum Gasteiger partial charge on any atom is 0.193 e. The van der Waals surface area contributed by atoms with Gasteiger partial charge in [0.25, 0.3) is 0 Å². The third-order valence-electron chi connectivity index (χ3n) is 5.08. The Morgan fingerprint density at radius 3 is 2.48 bits per heavy atom. The summed E-state index contributed by atoms with van der Waals surface area (Å²) in [4.78, 5) is 11.8. The molecule has 0 amide bonds. The Labute approximate surface area is 140 Å². The summed E-state index contributed by atoms with van der Waals surface area (Å²) in [5.41, 5.74) is 1.32. The number of likely N-dealkylation sites (N-methyl/N-ethyl adjacent to an activating group) is 1. The molecular formula is C18H29N5. The average Bonchev–Trinajstić information content (AvgIpc) is 3.02. The van der Waals surface area contributed by atoms with Crippen molar-refractivity contribution in [1.29, 1.82) is 0 Å². The predicted molar refractivity (Wildman–Crippen MR) is 97.2 cm³/mol. The largest absolute Gasteiger partial charge is 0.368 e. The molecule has 1 aromatic rings. The van der Waals surface area contributed by atoms with E-state index in [0.717, 1.165) is 38.7 Å². The lowest BCUT2D eigenvalue weighted by atomic mass is 10.2. The minimum atomic E-state index is 0.650. The minimum absolute atomic E-state index is 0.650. The van der Waals surface area contributed by atoms with Crippen molar-refractivity contribution >= 4 is 11.6 Å². The lowest BCUT2D eigenvalue weighted by molar-refractivity contribution is 0.303. The zero-order chi connectivity index (χ0) is 16.1. The van der Waals surface area contributed by atoms with Crippen LogP contribution in [0, 0.1) is 0 Å². The van der Waals surface area contributed by atoms with Gasteiger partial charge in [0.05, 0.1) is 0 Å². The van der Waals surface area contributed by atoms with Crippen LogP contribution in [0.2, 0.25) is 0 Å². The van der Waals surface area contributed by atoms with Gasteiger partial charge in [0, 0.05) is 51.5 Å². The van der Waals surface area contributed by atoms with Crippen LogP contribution in [0.5, 0.6) is 0 Å². The van der Waals surface area contributed by atoms with E-state index in [1.165, 1.54) is 25.1 Å². The number of hydrogen-bond acceptors (Lipinski definition) is 3. The third-order valence-corrected chi connectivity index (χ3v) is 5.08. The fraction of sp³-hybridized carbons (Fsp3) is 0.611. The molecule has 5 heteroatoms. The number of para-hydroxylation sites is 1. The Morgan fingerprint density at radius 2 is 1.87 bits per heavy atom. The molecule has 2 saturated heterocycles. The van der Waals surface area contributed by atoms with Gasteiger partial charge in [-0.05, 0) is 38.6 Å². The van der Waals surface area contributed by atoms with Gasteiger partial charge in [-0.15, -0.1) is 0 Å². The molecule has 2 heterocycles. The van der Waals surface area contributed by atoms with Gasteiger partial charge in [-0.3, -0.25) is 4.99 Å². The Hall–Kier alpha value is -1.75. The van der Waals surface area contributed by atoms with Gasteiger partial charge in [-0.25, -0.2) is 0 Å². The van der Waals surface area contributed by atoms with Crippen molar-refractivity contribution < 1.29 is 0 Å². The van der Waals surface area contributed by atoms with Gasteiger partial charge >= 0.3 is 0 Å². The van der Waals surface area contributed by atoms with Crippen molar-refractivity contribution in [1.82, 2.24) is 15.1 Å². The number of rotatable bonds is 3. The highest BCUT2D eigenvalue weighted by Gasteiger charge is 2.23. The molecule has 0 aliphatic carbocycles. The van der Waals surface area contributed by atoms with E-state index in [-0.39, 0.29) is 0 Å². The molecule has 1 aromatic carbocycles. The van der Waals surface area contributed by atoms with E-state index in [9.17, 15) is 0 Å². The number of benzene rings is 1. The molecule has 1 atom stereocenters. The standard InChI is InChI=1S/C18H29N5/c1-19-18(20-15-17-9-6-10-21(17)2)23-13-11-22(12-14-23)16-7-4-3-5-8-16/h3-5,7-8,17H,6,9-15H2,1-2H3,(H,19,20). The summed E-state index contributed by atoms with van der Waals surface area (Å²) in [6.45, 7) is 6.37. The zero-order valence-electron chi connectivity index (χ0n) is 14.4. The number of nitrogens with zero attached hydrogens (tertiary/aromatic N) is 4. The SMILES string of the molecule is CN=C(NCC1CCCN1C)N1CCN(c2ccccc2)CC1. The Bertz CT molecular complexity index is 507. The fourth-order valence-electron chi connectivity index (χ4n) is 3.59. The molecule has 0 aromatic heterocycles. The van der Waals surface area contributed by atoms with Gasteiger partial charge < -0.3 is 20.0 Å². The van der Waals surface area contributed by atoms with Crippen LogP contribution in [0.25, 0.3) is 0 Å². The molecule has 1 N–H and O–H groups in total. The number of hydrogen-bond donors (Lipinski definition) is 1. The van der Waals surface area contributed by atoms with Crippen molar-refractivity contribution in [2.45, 2.75) is 18.9 Å². The molecule has 126 valence electrons. The number of piperazine rings is 1. The molecular weight excluding hydrogens is 286 g/mol. The second-order valence-corrected chi connectivity index (χ2v) is 6.51. The van der Waals surface area contributed by atoms with Crippen molar-refractivity contribution in [3.8, 4) is 0 Å². The van der Waals surface area contributed by atoms with E-state index in [0.29, 0.717) is 6.04 Å². The van der Waals surface area contributed by atoms with Gasteiger partial charge in [0.15, 0.2) is 5.96 Å². The molecule has 5 nitrogen and oxygen atoms in total. The highest BCUT2D eigenvalue weighted by atomic mass is 15.4. The summed E-state index contributed by atoms with van der Waals surface area (Å²) < 4.78 is 0. The Morgan fingerprint density at radius 1 is 1.13 bits per heavy atom. The zero-order valence-corrected chi connectivity index (χ0v) is 14.4. The molecule has 0 spiro atoms. The van der Waals surface area contributed by atoms with Crippen LogP contribution in [0.4, 0.5) is 5.69 Å². The molecule has 3 rings (SSSR count). The molecule has 23 heavy (non-hydrogen) atoms. The molecule has 0 radical (unpaired) electrons. The van der Waals surface area contributed by atoms with Crippen LogP contribution in [-0.2, 0) is 0 Å². The van der Waals surface area contributed by atoms with Crippen molar-refractivity contribution in [2.24, 2.45) is 4.99 Å². The maximum atomic E-state index is 4.49. The van der Waals surface area contributed by atoms with Crippen molar-refractivity contribution in [2.75, 3.05) is 58.3 Å². The van der Waals surface area contributed by atoms with Gasteiger partial charge in [-0.1, -0.05) is 18.2 Å². The first-order valence-corrected chi connectivity index (χ1v) is 8.74. The topological polar surface area (TPSA) is 34.1 Å². The summed E-state index contributed by atoms with van der Waals surface area (Å²) in [5, 5.41) is 3.58. The first kappa shape index (κ1) is 16.1. The maximum absolute atomic E-state index is 4.49. The summed E-state index contributed by atoms with van der Waals surface area (Å²) in [5.74, 6) is 1.05. The van der Waals surface area contributed by atoms with E-state index >= 15 is 0 Å². The van der Waals surface area contributed by atoms with Crippen LogP contribution in [0.15, 0.2) is 35.3 Å². The number of guanidine groups is 1. The first-order chi connectivity index (χ1) is 11.3. The summed E-state index contributed by atoms with van der Waals surface area (Å²) in [7, 11) is 4.12. The Balaban J connectivity index is 1.49. The molecule has 2 aliphatic heterocycles. The van der Waals surface area contributed by atoms with Crippen LogP contribution in [0.3, 0.4) is 0 Å². The minimum Gasteiger partial charge on any atom is -0.368 e. The second-order valence-electron chi connectivity index (χ2n) is 6.51. The first-order valence-electron chi connectivity index (χ1n) is 8.74. The number of likely N-dealkylation sites (tertiary alicyclic amines) is 1. The van der Waals surface area contributed by atoms with E-state index in [1.54, 1.807) is 0 Å².